The van der Waals surface area contributed by atoms with Crippen LogP contribution in [0.1, 0.15) is 0 Å². The van der Waals surface area contributed by atoms with Crippen molar-refractivity contribution in [2.75, 3.05) is 0 Å². The molecular formula is C68H42N4O. The Hall–Kier alpha value is -9.84. The van der Waals surface area contributed by atoms with Crippen molar-refractivity contribution in [2.24, 2.45) is 0 Å². The number of furan rings is 1. The summed E-state index contributed by atoms with van der Waals surface area (Å²) < 4.78 is 11.2. The second-order valence-electron chi connectivity index (χ2n) is 18.9. The Labute approximate surface area is 420 Å². The number of hydrogen-bond donors (Lipinski definition) is 0. The van der Waals surface area contributed by atoms with Gasteiger partial charge in [-0.2, -0.15) is 0 Å². The maximum Gasteiger partial charge on any atom is 0.235 e. The summed E-state index contributed by atoms with van der Waals surface area (Å²) >= 11 is 0. The maximum absolute atomic E-state index is 6.61. The van der Waals surface area contributed by atoms with Crippen LogP contribution in [0.2, 0.25) is 0 Å². The number of rotatable bonds is 7. The average Bonchev–Trinajstić information content (AvgIpc) is 4.14. The van der Waals surface area contributed by atoms with Gasteiger partial charge in [-0.15, -0.1) is 0 Å². The molecule has 340 valence electrons. The number of aromatic nitrogens is 4. The molecule has 4 aromatic heterocycles. The third-order valence-electron chi connectivity index (χ3n) is 14.7. The predicted molar refractivity (Wildman–Crippen MR) is 303 cm³/mol. The normalized spacial score (nSPS) is 11.8. The second kappa shape index (κ2) is 16.4. The first kappa shape index (κ1) is 41.0. The molecule has 0 aliphatic rings. The molecule has 0 saturated carbocycles. The first-order chi connectivity index (χ1) is 36.2. The topological polar surface area (TPSA) is 48.8 Å². The SMILES string of the molecule is c1ccc(-c2cccc(-c3cccc(-c4nc(-n5c6ccccc6c6cc(-c7ccc8oc9cccc(-c%10ccc%11c(c%10)c%10ccccc%10n%11-c%10ccccc%10)c9c8c7)ccc65)nc5ccccc45)c3)c2)cc1. The number of fused-ring (bicyclic) bond motifs is 10. The lowest BCUT2D eigenvalue weighted by atomic mass is 9.96. The van der Waals surface area contributed by atoms with E-state index in [0.29, 0.717) is 5.95 Å². The zero-order valence-electron chi connectivity index (χ0n) is 39.4. The molecule has 0 spiro atoms. The van der Waals surface area contributed by atoms with Gasteiger partial charge in [0.15, 0.2) is 0 Å². The first-order valence-electron chi connectivity index (χ1n) is 24.8. The van der Waals surface area contributed by atoms with Crippen LogP contribution >= 0.6 is 0 Å². The van der Waals surface area contributed by atoms with Crippen LogP contribution in [0.3, 0.4) is 0 Å². The standard InChI is InChI=1S/C68H42N4O/c1-3-16-43(17-4-1)44-18-13-19-45(38-44)46-20-14-21-50(39-46)67-55-26-7-10-28-59(55)69-68(70-67)72-61-30-12-9-25-54(61)56-40-47(32-35-63(56)72)48-34-37-64-58(41-48)66-52(27-15-31-65(66)73-64)49-33-36-62-57(42-49)53-24-8-11-29-60(53)71(62)51-22-5-2-6-23-51/h1-42H. The van der Waals surface area contributed by atoms with E-state index in [1.54, 1.807) is 0 Å². The summed E-state index contributed by atoms with van der Waals surface area (Å²) in [7, 11) is 0. The lowest BCUT2D eigenvalue weighted by molar-refractivity contribution is 0.669. The fourth-order valence-electron chi connectivity index (χ4n) is 11.3. The van der Waals surface area contributed by atoms with Gasteiger partial charge < -0.3 is 8.98 Å². The minimum absolute atomic E-state index is 0.630. The molecule has 0 amide bonds. The van der Waals surface area contributed by atoms with E-state index in [1.807, 2.05) is 0 Å². The minimum atomic E-state index is 0.630. The Morgan fingerprint density at radius 2 is 0.795 bits per heavy atom. The van der Waals surface area contributed by atoms with Crippen molar-refractivity contribution >= 4 is 76.5 Å². The molecule has 0 atom stereocenters. The Kier molecular flexibility index (Phi) is 9.19. The van der Waals surface area contributed by atoms with Crippen molar-refractivity contribution in [3.05, 3.63) is 255 Å². The molecule has 4 heterocycles. The summed E-state index contributed by atoms with van der Waals surface area (Å²) in [5.74, 6) is 0.630. The smallest absolute Gasteiger partial charge is 0.235 e. The van der Waals surface area contributed by atoms with Gasteiger partial charge in [0, 0.05) is 49.0 Å². The maximum atomic E-state index is 6.61. The summed E-state index contributed by atoms with van der Waals surface area (Å²) in [5.41, 5.74) is 19.3. The summed E-state index contributed by atoms with van der Waals surface area (Å²) in [4.78, 5) is 10.8. The Bertz CT molecular complexity index is 4680. The summed E-state index contributed by atoms with van der Waals surface area (Å²) in [6, 6.07) is 91.0. The van der Waals surface area contributed by atoms with Gasteiger partial charge in [0.2, 0.25) is 5.95 Å². The van der Waals surface area contributed by atoms with Gasteiger partial charge in [-0.05, 0) is 129 Å². The Balaban J connectivity index is 0.846. The number of hydrogen-bond acceptors (Lipinski definition) is 3. The van der Waals surface area contributed by atoms with Crippen LogP contribution in [-0.4, -0.2) is 19.1 Å². The molecule has 73 heavy (non-hydrogen) atoms. The number of para-hydroxylation sites is 4. The molecule has 5 heteroatoms. The molecule has 5 nitrogen and oxygen atoms in total. The molecule has 0 aliphatic carbocycles. The van der Waals surface area contributed by atoms with Crippen molar-refractivity contribution in [3.63, 3.8) is 0 Å². The highest BCUT2D eigenvalue weighted by atomic mass is 16.3. The zero-order valence-corrected chi connectivity index (χ0v) is 39.4. The van der Waals surface area contributed by atoms with Gasteiger partial charge in [-0.25, -0.2) is 9.97 Å². The lowest BCUT2D eigenvalue weighted by Crippen LogP contribution is -2.03. The number of benzene rings is 11. The molecule has 0 aliphatic heterocycles. The van der Waals surface area contributed by atoms with E-state index in [1.165, 1.54) is 32.9 Å². The minimum Gasteiger partial charge on any atom is -0.456 e. The van der Waals surface area contributed by atoms with Crippen molar-refractivity contribution in [1.82, 2.24) is 19.1 Å². The van der Waals surface area contributed by atoms with E-state index < -0.39 is 0 Å². The predicted octanol–water partition coefficient (Wildman–Crippen LogP) is 18.1. The van der Waals surface area contributed by atoms with Gasteiger partial charge in [-0.1, -0.05) is 170 Å². The molecule has 0 radical (unpaired) electrons. The van der Waals surface area contributed by atoms with Crippen LogP contribution < -0.4 is 0 Å². The summed E-state index contributed by atoms with van der Waals surface area (Å²) in [6.45, 7) is 0. The monoisotopic (exact) mass is 930 g/mol. The molecular weight excluding hydrogens is 889 g/mol. The quantitative estimate of drug-likeness (QED) is 0.160. The Morgan fingerprint density at radius 1 is 0.288 bits per heavy atom. The molecule has 0 N–H and O–H groups in total. The second-order valence-corrected chi connectivity index (χ2v) is 18.9. The van der Waals surface area contributed by atoms with Crippen LogP contribution in [-0.2, 0) is 0 Å². The van der Waals surface area contributed by atoms with E-state index in [4.69, 9.17) is 14.4 Å². The Morgan fingerprint density at radius 3 is 1.55 bits per heavy atom. The molecule has 11 aromatic carbocycles. The third-order valence-corrected chi connectivity index (χ3v) is 14.7. The van der Waals surface area contributed by atoms with Crippen LogP contribution in [0, 0.1) is 0 Å². The molecule has 0 unspecified atom stereocenters. The van der Waals surface area contributed by atoms with Crippen LogP contribution in [0.4, 0.5) is 0 Å². The zero-order chi connectivity index (χ0) is 48.0. The molecule has 15 aromatic rings. The van der Waals surface area contributed by atoms with Crippen molar-refractivity contribution in [2.45, 2.75) is 0 Å². The van der Waals surface area contributed by atoms with E-state index in [2.05, 4.69) is 264 Å². The van der Waals surface area contributed by atoms with E-state index in [0.717, 1.165) is 105 Å². The fraction of sp³-hybridized carbons (Fsp3) is 0. The van der Waals surface area contributed by atoms with Crippen LogP contribution in [0.5, 0.6) is 0 Å². The fourth-order valence-corrected chi connectivity index (χ4v) is 11.3. The van der Waals surface area contributed by atoms with Gasteiger partial charge in [-0.3, -0.25) is 4.57 Å². The number of nitrogens with zero attached hydrogens (tertiary/aromatic N) is 4. The van der Waals surface area contributed by atoms with Crippen molar-refractivity contribution in [1.29, 1.82) is 0 Å². The summed E-state index contributed by atoms with van der Waals surface area (Å²) in [6.07, 6.45) is 0. The highest BCUT2D eigenvalue weighted by Gasteiger charge is 2.21. The van der Waals surface area contributed by atoms with Gasteiger partial charge in [0.25, 0.3) is 0 Å². The molecule has 0 saturated heterocycles. The van der Waals surface area contributed by atoms with Crippen LogP contribution in [0.25, 0.3) is 144 Å². The highest BCUT2D eigenvalue weighted by Crippen LogP contribution is 2.43. The van der Waals surface area contributed by atoms with Crippen molar-refractivity contribution < 1.29 is 4.42 Å². The lowest BCUT2D eigenvalue weighted by Gasteiger charge is -2.13. The summed E-state index contributed by atoms with van der Waals surface area (Å²) in [5, 5.41) is 7.92. The molecule has 15 rings (SSSR count). The van der Waals surface area contributed by atoms with Crippen molar-refractivity contribution in [3.8, 4) is 67.4 Å². The van der Waals surface area contributed by atoms with E-state index in [-0.39, 0.29) is 0 Å². The largest absolute Gasteiger partial charge is 0.456 e. The van der Waals surface area contributed by atoms with Gasteiger partial charge in [0.05, 0.1) is 33.3 Å². The van der Waals surface area contributed by atoms with E-state index in [9.17, 15) is 0 Å². The van der Waals surface area contributed by atoms with Crippen LogP contribution in [0.15, 0.2) is 259 Å². The van der Waals surface area contributed by atoms with E-state index >= 15 is 0 Å². The highest BCUT2D eigenvalue weighted by molar-refractivity contribution is 6.16. The molecule has 0 bridgehead atoms. The first-order valence-corrected chi connectivity index (χ1v) is 24.8. The van der Waals surface area contributed by atoms with Gasteiger partial charge in [0.1, 0.15) is 11.2 Å². The third kappa shape index (κ3) is 6.63. The van der Waals surface area contributed by atoms with Gasteiger partial charge >= 0.3 is 0 Å². The average molecular weight is 931 g/mol. The molecule has 0 fully saturated rings.